The van der Waals surface area contributed by atoms with Gasteiger partial charge in [-0.15, -0.1) is 0 Å². The SMILES string of the molecule is OC1=C(c2ccc(Cl)cc2)C=CC(O)(Cl)C1O. The summed E-state index contributed by atoms with van der Waals surface area (Å²) in [4.78, 5) is 0. The molecule has 1 aromatic carbocycles. The van der Waals surface area contributed by atoms with Crippen molar-refractivity contribution in [2.24, 2.45) is 0 Å². The number of aliphatic hydroxyl groups excluding tert-OH is 2. The standard InChI is InChI=1S/C12H10Cl2O3/c13-8-3-1-7(2-4-8)9-5-6-12(14,17)11(16)10(9)15/h1-6,11,15-17H. The topological polar surface area (TPSA) is 60.7 Å². The van der Waals surface area contributed by atoms with Crippen LogP contribution in [0.5, 0.6) is 0 Å². The minimum atomic E-state index is -1.97. The van der Waals surface area contributed by atoms with Gasteiger partial charge in [-0.2, -0.15) is 0 Å². The average molecular weight is 273 g/mol. The summed E-state index contributed by atoms with van der Waals surface area (Å²) in [6.07, 6.45) is 1.13. The predicted molar refractivity (Wildman–Crippen MR) is 67.0 cm³/mol. The molecule has 2 unspecified atom stereocenters. The number of hydrogen-bond donors (Lipinski definition) is 3. The molecular formula is C12H10Cl2O3. The minimum absolute atomic E-state index is 0.368. The molecule has 0 aromatic heterocycles. The molecule has 1 aliphatic rings. The van der Waals surface area contributed by atoms with E-state index in [2.05, 4.69) is 0 Å². The van der Waals surface area contributed by atoms with Crippen molar-refractivity contribution >= 4 is 28.8 Å². The Morgan fingerprint density at radius 1 is 1.18 bits per heavy atom. The van der Waals surface area contributed by atoms with Crippen LogP contribution in [0, 0.1) is 0 Å². The minimum Gasteiger partial charge on any atom is -0.509 e. The van der Waals surface area contributed by atoms with Gasteiger partial charge in [-0.25, -0.2) is 0 Å². The largest absolute Gasteiger partial charge is 0.509 e. The Morgan fingerprint density at radius 3 is 2.35 bits per heavy atom. The first kappa shape index (κ1) is 12.5. The van der Waals surface area contributed by atoms with Gasteiger partial charge in [0, 0.05) is 10.6 Å². The average Bonchev–Trinajstić information content (AvgIpc) is 2.28. The lowest BCUT2D eigenvalue weighted by atomic mass is 9.94. The van der Waals surface area contributed by atoms with Gasteiger partial charge in [0.2, 0.25) is 0 Å². The number of aliphatic hydroxyl groups is 3. The van der Waals surface area contributed by atoms with Gasteiger partial charge in [-0.05, 0) is 23.8 Å². The molecule has 17 heavy (non-hydrogen) atoms. The van der Waals surface area contributed by atoms with Crippen LogP contribution >= 0.6 is 23.2 Å². The first-order valence-electron chi connectivity index (χ1n) is 4.89. The molecule has 0 radical (unpaired) electrons. The Morgan fingerprint density at radius 2 is 1.76 bits per heavy atom. The van der Waals surface area contributed by atoms with Crippen molar-refractivity contribution < 1.29 is 15.3 Å². The Hall–Kier alpha value is -1.00. The third-order valence-electron chi connectivity index (χ3n) is 2.56. The van der Waals surface area contributed by atoms with Gasteiger partial charge < -0.3 is 15.3 Å². The molecule has 1 aromatic rings. The van der Waals surface area contributed by atoms with E-state index in [-0.39, 0.29) is 5.76 Å². The highest BCUT2D eigenvalue weighted by molar-refractivity contribution is 6.30. The lowest BCUT2D eigenvalue weighted by Crippen LogP contribution is -2.38. The Kier molecular flexibility index (Phi) is 3.19. The van der Waals surface area contributed by atoms with Crippen molar-refractivity contribution in [2.45, 2.75) is 11.2 Å². The fraction of sp³-hybridized carbons (Fsp3) is 0.167. The van der Waals surface area contributed by atoms with E-state index in [1.54, 1.807) is 24.3 Å². The lowest BCUT2D eigenvalue weighted by molar-refractivity contribution is 0.0170. The molecule has 2 atom stereocenters. The number of rotatable bonds is 1. The van der Waals surface area contributed by atoms with Gasteiger partial charge in [0.05, 0.1) is 0 Å². The summed E-state index contributed by atoms with van der Waals surface area (Å²) in [5.41, 5.74) is 1.08. The van der Waals surface area contributed by atoms with E-state index in [1.807, 2.05) is 0 Å². The van der Waals surface area contributed by atoms with E-state index in [4.69, 9.17) is 23.2 Å². The summed E-state index contributed by atoms with van der Waals surface area (Å²) in [6, 6.07) is 6.73. The summed E-state index contributed by atoms with van der Waals surface area (Å²) in [5.74, 6) is -0.368. The predicted octanol–water partition coefficient (Wildman–Crippen LogP) is 2.47. The second kappa shape index (κ2) is 4.35. The van der Waals surface area contributed by atoms with Crippen LogP contribution in [-0.4, -0.2) is 26.5 Å². The van der Waals surface area contributed by atoms with Crippen molar-refractivity contribution in [3.8, 4) is 0 Å². The highest BCUT2D eigenvalue weighted by Crippen LogP contribution is 2.34. The Labute approximate surface area is 108 Å². The Bertz CT molecular complexity index is 489. The van der Waals surface area contributed by atoms with Crippen LogP contribution in [0.25, 0.3) is 5.57 Å². The van der Waals surface area contributed by atoms with E-state index in [0.29, 0.717) is 16.2 Å². The van der Waals surface area contributed by atoms with Gasteiger partial charge >= 0.3 is 0 Å². The summed E-state index contributed by atoms with van der Waals surface area (Å²) < 4.78 is 0. The quantitative estimate of drug-likeness (QED) is 0.689. The van der Waals surface area contributed by atoms with Crippen molar-refractivity contribution in [3.63, 3.8) is 0 Å². The normalized spacial score (nSPS) is 28.6. The van der Waals surface area contributed by atoms with Crippen LogP contribution < -0.4 is 0 Å². The molecule has 0 heterocycles. The molecule has 0 saturated carbocycles. The number of allylic oxidation sites excluding steroid dienone is 2. The smallest absolute Gasteiger partial charge is 0.191 e. The molecule has 5 heteroatoms. The molecule has 0 aliphatic heterocycles. The summed E-state index contributed by atoms with van der Waals surface area (Å²) in [6.45, 7) is 0. The number of alkyl halides is 1. The van der Waals surface area contributed by atoms with Crippen LogP contribution in [0.1, 0.15) is 5.56 Å². The number of halogens is 2. The first-order valence-corrected chi connectivity index (χ1v) is 5.65. The lowest BCUT2D eigenvalue weighted by Gasteiger charge is -2.27. The number of hydrogen-bond acceptors (Lipinski definition) is 3. The maximum atomic E-state index is 9.80. The summed E-state index contributed by atoms with van der Waals surface area (Å²) in [7, 11) is 0. The molecule has 0 amide bonds. The molecule has 90 valence electrons. The molecular weight excluding hydrogens is 263 g/mol. The van der Waals surface area contributed by atoms with Crippen LogP contribution in [0.15, 0.2) is 42.2 Å². The third kappa shape index (κ3) is 2.33. The third-order valence-corrected chi connectivity index (χ3v) is 3.14. The maximum absolute atomic E-state index is 9.80. The molecule has 2 rings (SSSR count). The fourth-order valence-electron chi connectivity index (χ4n) is 1.59. The molecule has 1 aliphatic carbocycles. The molecule has 0 fully saturated rings. The molecule has 3 nitrogen and oxygen atoms in total. The van der Waals surface area contributed by atoms with Gasteiger partial charge in [0.25, 0.3) is 0 Å². The second-order valence-electron chi connectivity index (χ2n) is 3.77. The summed E-state index contributed by atoms with van der Waals surface area (Å²) in [5, 5.41) is 27.6. The van der Waals surface area contributed by atoms with E-state index in [9.17, 15) is 15.3 Å². The van der Waals surface area contributed by atoms with Crippen LogP contribution in [0.4, 0.5) is 0 Å². The fourth-order valence-corrected chi connectivity index (χ4v) is 1.88. The zero-order valence-corrected chi connectivity index (χ0v) is 10.2. The summed E-state index contributed by atoms with van der Waals surface area (Å²) >= 11 is 11.4. The zero-order valence-electron chi connectivity index (χ0n) is 8.64. The van der Waals surface area contributed by atoms with Gasteiger partial charge in [-0.1, -0.05) is 41.4 Å². The molecule has 0 spiro atoms. The molecule has 3 N–H and O–H groups in total. The van der Waals surface area contributed by atoms with Crippen LogP contribution in [-0.2, 0) is 0 Å². The highest BCUT2D eigenvalue weighted by Gasteiger charge is 2.37. The van der Waals surface area contributed by atoms with Crippen LogP contribution in [0.2, 0.25) is 5.02 Å². The van der Waals surface area contributed by atoms with Gasteiger partial charge in [0.1, 0.15) is 5.76 Å². The van der Waals surface area contributed by atoms with Crippen LogP contribution in [0.3, 0.4) is 0 Å². The molecule has 0 saturated heterocycles. The van der Waals surface area contributed by atoms with Crippen molar-refractivity contribution in [1.29, 1.82) is 0 Å². The monoisotopic (exact) mass is 272 g/mol. The van der Waals surface area contributed by atoms with Gasteiger partial charge in [-0.3, -0.25) is 0 Å². The van der Waals surface area contributed by atoms with Crippen molar-refractivity contribution in [2.75, 3.05) is 0 Å². The van der Waals surface area contributed by atoms with Crippen molar-refractivity contribution in [1.82, 2.24) is 0 Å². The highest BCUT2D eigenvalue weighted by atomic mass is 35.5. The van der Waals surface area contributed by atoms with E-state index in [0.717, 1.165) is 0 Å². The Balaban J connectivity index is 2.44. The van der Waals surface area contributed by atoms with E-state index in [1.165, 1.54) is 12.2 Å². The number of benzene rings is 1. The zero-order chi connectivity index (χ0) is 12.6. The molecule has 0 bridgehead atoms. The maximum Gasteiger partial charge on any atom is 0.191 e. The van der Waals surface area contributed by atoms with E-state index < -0.39 is 11.2 Å². The van der Waals surface area contributed by atoms with E-state index >= 15 is 0 Å². The second-order valence-corrected chi connectivity index (χ2v) is 4.81. The first-order chi connectivity index (χ1) is 7.92. The van der Waals surface area contributed by atoms with Gasteiger partial charge in [0.15, 0.2) is 11.2 Å². The van der Waals surface area contributed by atoms with Crippen molar-refractivity contribution in [3.05, 3.63) is 52.8 Å².